The summed E-state index contributed by atoms with van der Waals surface area (Å²) < 4.78 is 0. The van der Waals surface area contributed by atoms with Crippen molar-refractivity contribution in [3.05, 3.63) is 58.9 Å². The first-order valence-electron chi connectivity index (χ1n) is 9.60. The Morgan fingerprint density at radius 2 is 1.71 bits per heavy atom. The minimum absolute atomic E-state index is 0.623. The average molecular weight is 320 g/mol. The Kier molecular flexibility index (Phi) is 4.55. The van der Waals surface area contributed by atoms with Crippen LogP contribution in [0.1, 0.15) is 67.0 Å². The minimum Gasteiger partial charge on any atom is -0.382 e. The van der Waals surface area contributed by atoms with Crippen LogP contribution in [0.25, 0.3) is 0 Å². The molecule has 2 nitrogen and oxygen atoms in total. The number of hydrogen-bond donors (Lipinski definition) is 1. The maximum absolute atomic E-state index is 4.78. The van der Waals surface area contributed by atoms with Crippen molar-refractivity contribution in [1.82, 2.24) is 4.98 Å². The predicted molar refractivity (Wildman–Crippen MR) is 101 cm³/mol. The Morgan fingerprint density at radius 3 is 2.50 bits per heavy atom. The number of rotatable bonds is 3. The van der Waals surface area contributed by atoms with Gasteiger partial charge in [0.1, 0.15) is 0 Å². The van der Waals surface area contributed by atoms with Crippen molar-refractivity contribution in [2.24, 2.45) is 0 Å². The number of nitrogens with zero attached hydrogens (tertiary/aromatic N) is 1. The highest BCUT2D eigenvalue weighted by molar-refractivity contribution is 5.55. The molecule has 2 aromatic rings. The second-order valence-electron chi connectivity index (χ2n) is 7.55. The Bertz CT molecular complexity index is 685. The van der Waals surface area contributed by atoms with Gasteiger partial charge in [-0.1, -0.05) is 30.3 Å². The zero-order valence-electron chi connectivity index (χ0n) is 14.7. The number of anilines is 1. The van der Waals surface area contributed by atoms with Crippen LogP contribution in [0.3, 0.4) is 0 Å². The largest absolute Gasteiger partial charge is 0.382 e. The van der Waals surface area contributed by atoms with Crippen LogP contribution in [-0.2, 0) is 12.8 Å². The van der Waals surface area contributed by atoms with E-state index < -0.39 is 0 Å². The molecule has 0 unspecified atom stereocenters. The fraction of sp³-hybridized carbons (Fsp3) is 0.500. The van der Waals surface area contributed by atoms with Crippen LogP contribution in [0.5, 0.6) is 0 Å². The molecule has 2 aliphatic rings. The standard InChI is InChI=1S/C22H28N2/c1-16-15-22(20-9-5-6-10-21(20)23-16)24-19-13-11-18(12-14-19)17-7-3-2-4-8-17/h2-4,7-8,15,18-19H,5-6,9-14H2,1H3,(H,23,24)/t18-,19+. The van der Waals surface area contributed by atoms with Gasteiger partial charge in [-0.05, 0) is 81.4 Å². The van der Waals surface area contributed by atoms with E-state index in [2.05, 4.69) is 48.6 Å². The van der Waals surface area contributed by atoms with Crippen molar-refractivity contribution in [3.8, 4) is 0 Å². The van der Waals surface area contributed by atoms with Gasteiger partial charge in [-0.15, -0.1) is 0 Å². The van der Waals surface area contributed by atoms with E-state index in [0.29, 0.717) is 6.04 Å². The molecule has 24 heavy (non-hydrogen) atoms. The second kappa shape index (κ2) is 6.96. The molecule has 4 rings (SSSR count). The normalized spacial score (nSPS) is 23.5. The molecular formula is C22H28N2. The smallest absolute Gasteiger partial charge is 0.0459 e. The van der Waals surface area contributed by atoms with E-state index in [-0.39, 0.29) is 0 Å². The Balaban J connectivity index is 1.43. The summed E-state index contributed by atoms with van der Waals surface area (Å²) in [5.41, 5.74) is 6.91. The van der Waals surface area contributed by atoms with Crippen LogP contribution in [0.4, 0.5) is 5.69 Å². The number of nitrogens with one attached hydrogen (secondary N) is 1. The second-order valence-corrected chi connectivity index (χ2v) is 7.55. The van der Waals surface area contributed by atoms with Gasteiger partial charge in [0.15, 0.2) is 0 Å². The van der Waals surface area contributed by atoms with E-state index in [1.54, 1.807) is 0 Å². The number of pyridine rings is 1. The molecule has 1 saturated carbocycles. The third-order valence-electron chi connectivity index (χ3n) is 5.79. The molecule has 0 saturated heterocycles. The van der Waals surface area contributed by atoms with E-state index in [1.807, 2.05) is 0 Å². The third-order valence-corrected chi connectivity index (χ3v) is 5.79. The van der Waals surface area contributed by atoms with Gasteiger partial charge in [-0.25, -0.2) is 0 Å². The van der Waals surface area contributed by atoms with Gasteiger partial charge in [0.05, 0.1) is 0 Å². The maximum Gasteiger partial charge on any atom is 0.0459 e. The lowest BCUT2D eigenvalue weighted by atomic mass is 9.81. The van der Waals surface area contributed by atoms with Crippen molar-refractivity contribution < 1.29 is 0 Å². The van der Waals surface area contributed by atoms with Crippen molar-refractivity contribution in [2.75, 3.05) is 5.32 Å². The summed E-state index contributed by atoms with van der Waals surface area (Å²) in [5.74, 6) is 0.748. The zero-order chi connectivity index (χ0) is 16.4. The topological polar surface area (TPSA) is 24.9 Å². The summed E-state index contributed by atoms with van der Waals surface area (Å²) in [5, 5.41) is 3.88. The number of aromatic nitrogens is 1. The van der Waals surface area contributed by atoms with Crippen LogP contribution in [-0.4, -0.2) is 11.0 Å². The maximum atomic E-state index is 4.78. The van der Waals surface area contributed by atoms with Crippen molar-refractivity contribution in [3.63, 3.8) is 0 Å². The van der Waals surface area contributed by atoms with Crippen LogP contribution in [0.2, 0.25) is 0 Å². The van der Waals surface area contributed by atoms with E-state index in [1.165, 1.54) is 67.5 Å². The van der Waals surface area contributed by atoms with Crippen LogP contribution < -0.4 is 5.32 Å². The number of fused-ring (bicyclic) bond motifs is 1. The summed E-state index contributed by atoms with van der Waals surface area (Å²) >= 11 is 0. The molecule has 1 N–H and O–H groups in total. The van der Waals surface area contributed by atoms with Crippen LogP contribution in [0.15, 0.2) is 36.4 Å². The lowest BCUT2D eigenvalue weighted by Gasteiger charge is -2.31. The van der Waals surface area contributed by atoms with E-state index in [4.69, 9.17) is 4.98 Å². The summed E-state index contributed by atoms with van der Waals surface area (Å²) in [7, 11) is 0. The molecule has 0 amide bonds. The van der Waals surface area contributed by atoms with E-state index in [9.17, 15) is 0 Å². The Labute approximate surface area is 145 Å². The fourth-order valence-corrected chi connectivity index (χ4v) is 4.49. The molecule has 2 heteroatoms. The molecule has 0 spiro atoms. The van der Waals surface area contributed by atoms with Crippen LogP contribution in [0, 0.1) is 6.92 Å². The van der Waals surface area contributed by atoms with Crippen LogP contribution >= 0.6 is 0 Å². The highest BCUT2D eigenvalue weighted by Crippen LogP contribution is 2.35. The number of aryl methyl sites for hydroxylation is 2. The lowest BCUT2D eigenvalue weighted by Crippen LogP contribution is -2.26. The minimum atomic E-state index is 0.623. The number of benzene rings is 1. The van der Waals surface area contributed by atoms with Crippen molar-refractivity contribution in [1.29, 1.82) is 0 Å². The highest BCUT2D eigenvalue weighted by atomic mass is 14.9. The molecule has 0 bridgehead atoms. The SMILES string of the molecule is Cc1cc(N[C@H]2CC[C@@H](c3ccccc3)CC2)c2c(n1)CCCC2. The molecular weight excluding hydrogens is 292 g/mol. The molecule has 0 radical (unpaired) electrons. The third kappa shape index (κ3) is 3.33. The zero-order valence-corrected chi connectivity index (χ0v) is 14.7. The molecule has 126 valence electrons. The molecule has 1 heterocycles. The van der Waals surface area contributed by atoms with E-state index >= 15 is 0 Å². The molecule has 1 aromatic heterocycles. The van der Waals surface area contributed by atoms with Gasteiger partial charge < -0.3 is 5.32 Å². The monoisotopic (exact) mass is 320 g/mol. The number of hydrogen-bond acceptors (Lipinski definition) is 2. The van der Waals surface area contributed by atoms with E-state index in [0.717, 1.165) is 18.0 Å². The first-order valence-corrected chi connectivity index (χ1v) is 9.60. The fourth-order valence-electron chi connectivity index (χ4n) is 4.49. The Morgan fingerprint density at radius 1 is 0.958 bits per heavy atom. The van der Waals surface area contributed by atoms with Gasteiger partial charge >= 0.3 is 0 Å². The first-order chi connectivity index (χ1) is 11.8. The molecule has 0 atom stereocenters. The Hall–Kier alpha value is -1.83. The van der Waals surface area contributed by atoms with Crippen molar-refractivity contribution >= 4 is 5.69 Å². The summed E-state index contributed by atoms with van der Waals surface area (Å²) in [6.45, 7) is 2.13. The summed E-state index contributed by atoms with van der Waals surface area (Å²) in [4.78, 5) is 4.78. The predicted octanol–water partition coefficient (Wildman–Crippen LogP) is 5.41. The van der Waals surface area contributed by atoms with Gasteiger partial charge in [0, 0.05) is 23.1 Å². The average Bonchev–Trinajstić information content (AvgIpc) is 2.63. The van der Waals surface area contributed by atoms with Gasteiger partial charge in [-0.2, -0.15) is 0 Å². The molecule has 0 aliphatic heterocycles. The molecule has 2 aliphatic carbocycles. The quantitative estimate of drug-likeness (QED) is 0.818. The lowest BCUT2D eigenvalue weighted by molar-refractivity contribution is 0.412. The molecule has 1 fully saturated rings. The first kappa shape index (κ1) is 15.7. The van der Waals surface area contributed by atoms with Gasteiger partial charge in [0.2, 0.25) is 0 Å². The van der Waals surface area contributed by atoms with Gasteiger partial charge in [-0.3, -0.25) is 4.98 Å². The van der Waals surface area contributed by atoms with Gasteiger partial charge in [0.25, 0.3) is 0 Å². The highest BCUT2D eigenvalue weighted by Gasteiger charge is 2.24. The van der Waals surface area contributed by atoms with Crippen molar-refractivity contribution in [2.45, 2.75) is 70.3 Å². The summed E-state index contributed by atoms with van der Waals surface area (Å²) in [6, 6.07) is 13.9. The molecule has 1 aromatic carbocycles. The summed E-state index contributed by atoms with van der Waals surface area (Å²) in [6.07, 6.45) is 10.1.